The number of hydrogen-bond donors (Lipinski definition) is 1. The zero-order valence-corrected chi connectivity index (χ0v) is 17.8. The van der Waals surface area contributed by atoms with E-state index in [0.717, 1.165) is 0 Å². The van der Waals surface area contributed by atoms with Gasteiger partial charge in [-0.1, -0.05) is 6.07 Å². The van der Waals surface area contributed by atoms with E-state index < -0.39 is 6.09 Å². The largest absolute Gasteiger partial charge is 0.465 e. The van der Waals surface area contributed by atoms with Crippen LogP contribution < -0.4 is 9.80 Å². The fraction of sp³-hybridized carbons (Fsp3) is 0.455. The topological polar surface area (TPSA) is 73.3 Å². The Labute approximate surface area is 183 Å². The summed E-state index contributed by atoms with van der Waals surface area (Å²) in [6.45, 7) is 3.91. The first kappa shape index (κ1) is 20.3. The Morgan fingerprint density at radius 3 is 2.55 bits per heavy atom. The van der Waals surface area contributed by atoms with Crippen molar-refractivity contribution in [3.8, 4) is 0 Å². The van der Waals surface area contributed by atoms with E-state index in [1.54, 1.807) is 23.1 Å². The van der Waals surface area contributed by atoms with Crippen LogP contribution >= 0.6 is 11.3 Å². The van der Waals surface area contributed by atoms with Crippen molar-refractivity contribution in [2.45, 2.75) is 0 Å². The van der Waals surface area contributed by atoms with Crippen LogP contribution in [0.15, 0.2) is 35.7 Å². The van der Waals surface area contributed by atoms with E-state index >= 15 is 4.39 Å². The minimum Gasteiger partial charge on any atom is -0.465 e. The summed E-state index contributed by atoms with van der Waals surface area (Å²) in [6, 6.07) is 8.59. The standard InChI is InChI=1S/C22H24FN3O4S/c23-18-10-14(3-4-19(18)24-5-7-30-8-6-24)26(21(27)20-2-1-9-31-20)13-17-15-11-25(22(28)29)12-16(15)17/h1-4,9-10,15-17H,5-8,11-13H2,(H,28,29). The average molecular weight is 446 g/mol. The summed E-state index contributed by atoms with van der Waals surface area (Å²) in [5.74, 6) is 0.283. The van der Waals surface area contributed by atoms with Crippen LogP contribution in [-0.2, 0) is 4.74 Å². The van der Waals surface area contributed by atoms with E-state index in [-0.39, 0.29) is 29.5 Å². The third-order valence-corrected chi connectivity index (χ3v) is 7.46. The highest BCUT2D eigenvalue weighted by Gasteiger charge is 2.57. The number of morpholine rings is 1. The maximum absolute atomic E-state index is 15.0. The van der Waals surface area contributed by atoms with E-state index in [0.29, 0.717) is 62.2 Å². The number of nitrogens with zero attached hydrogens (tertiary/aromatic N) is 3. The molecule has 0 bridgehead atoms. The van der Waals surface area contributed by atoms with Gasteiger partial charge in [-0.25, -0.2) is 9.18 Å². The summed E-state index contributed by atoms with van der Waals surface area (Å²) in [6.07, 6.45) is -0.891. The summed E-state index contributed by atoms with van der Waals surface area (Å²) in [5.41, 5.74) is 1.06. The molecular formula is C22H24FN3O4S. The van der Waals surface area contributed by atoms with Gasteiger partial charge in [-0.05, 0) is 47.4 Å². The second kappa shape index (κ2) is 8.12. The number of hydrogen-bond acceptors (Lipinski definition) is 5. The highest BCUT2D eigenvalue weighted by molar-refractivity contribution is 7.12. The van der Waals surface area contributed by atoms with Crippen LogP contribution in [0.4, 0.5) is 20.6 Å². The Kier molecular flexibility index (Phi) is 5.31. The fourth-order valence-electron chi connectivity index (χ4n) is 4.85. The van der Waals surface area contributed by atoms with E-state index in [2.05, 4.69) is 0 Å². The highest BCUT2D eigenvalue weighted by Crippen LogP contribution is 2.52. The van der Waals surface area contributed by atoms with Gasteiger partial charge in [-0.3, -0.25) is 4.79 Å². The number of carbonyl (C=O) groups excluding carboxylic acids is 1. The Hall–Kier alpha value is -2.65. The SMILES string of the molecule is O=C(O)N1CC2C(C1)C2CN(C(=O)c1cccs1)c1ccc(N2CCOCC2)c(F)c1. The van der Waals surface area contributed by atoms with Gasteiger partial charge < -0.3 is 24.5 Å². The van der Waals surface area contributed by atoms with E-state index in [9.17, 15) is 14.7 Å². The maximum atomic E-state index is 15.0. The summed E-state index contributed by atoms with van der Waals surface area (Å²) in [7, 11) is 0. The van der Waals surface area contributed by atoms with Gasteiger partial charge >= 0.3 is 6.09 Å². The van der Waals surface area contributed by atoms with Gasteiger partial charge in [0, 0.05) is 38.4 Å². The van der Waals surface area contributed by atoms with Gasteiger partial charge in [0.25, 0.3) is 5.91 Å². The highest BCUT2D eigenvalue weighted by atomic mass is 32.1. The molecule has 31 heavy (non-hydrogen) atoms. The summed E-state index contributed by atoms with van der Waals surface area (Å²) in [5, 5.41) is 11.0. The molecule has 0 radical (unpaired) electrons. The molecule has 1 aliphatic carbocycles. The van der Waals surface area contributed by atoms with Crippen LogP contribution in [0.2, 0.25) is 0 Å². The molecular weight excluding hydrogens is 421 g/mol. The van der Waals surface area contributed by atoms with Crippen LogP contribution in [0, 0.1) is 23.6 Å². The molecule has 1 aromatic carbocycles. The normalized spacial score (nSPS) is 24.7. The second-order valence-corrected chi connectivity index (χ2v) is 9.26. The number of likely N-dealkylation sites (tertiary alicyclic amines) is 1. The van der Waals surface area contributed by atoms with Crippen molar-refractivity contribution in [2.24, 2.45) is 17.8 Å². The lowest BCUT2D eigenvalue weighted by atomic mass is 10.1. The van der Waals surface area contributed by atoms with Crippen LogP contribution in [0.5, 0.6) is 0 Å². The van der Waals surface area contributed by atoms with Gasteiger partial charge in [0.1, 0.15) is 5.82 Å². The third-order valence-electron chi connectivity index (χ3n) is 6.61. The minimum absolute atomic E-state index is 0.145. The van der Waals surface area contributed by atoms with Crippen molar-refractivity contribution in [3.63, 3.8) is 0 Å². The fourth-order valence-corrected chi connectivity index (χ4v) is 5.52. The van der Waals surface area contributed by atoms with Gasteiger partial charge in [0.2, 0.25) is 0 Å². The first-order chi connectivity index (χ1) is 15.0. The minimum atomic E-state index is -0.891. The number of benzene rings is 1. The van der Waals surface area contributed by atoms with Crippen LogP contribution in [-0.4, -0.2) is 67.9 Å². The third kappa shape index (κ3) is 3.87. The van der Waals surface area contributed by atoms with Crippen molar-refractivity contribution < 1.29 is 23.8 Å². The first-order valence-corrected chi connectivity index (χ1v) is 11.4. The molecule has 5 rings (SSSR count). The number of fused-ring (bicyclic) bond motifs is 1. The average Bonchev–Trinajstić information content (AvgIpc) is 3.17. The molecule has 1 N–H and O–H groups in total. The molecule has 2 aromatic rings. The number of carbonyl (C=O) groups is 2. The second-order valence-electron chi connectivity index (χ2n) is 8.31. The lowest BCUT2D eigenvalue weighted by molar-refractivity contribution is 0.0986. The lowest BCUT2D eigenvalue weighted by Gasteiger charge is -2.30. The lowest BCUT2D eigenvalue weighted by Crippen LogP contribution is -2.37. The Balaban J connectivity index is 1.37. The number of ether oxygens (including phenoxy) is 1. The van der Waals surface area contributed by atoms with Crippen molar-refractivity contribution in [1.29, 1.82) is 0 Å². The first-order valence-electron chi connectivity index (χ1n) is 10.5. The molecule has 3 heterocycles. The predicted octanol–water partition coefficient (Wildman–Crippen LogP) is 3.23. The molecule has 2 unspecified atom stereocenters. The van der Waals surface area contributed by atoms with Gasteiger partial charge in [0.15, 0.2) is 0 Å². The molecule has 2 aliphatic heterocycles. The number of thiophene rings is 1. The Morgan fingerprint density at radius 2 is 1.94 bits per heavy atom. The number of rotatable bonds is 5. The molecule has 3 aliphatic rings. The van der Waals surface area contributed by atoms with Gasteiger partial charge in [-0.2, -0.15) is 0 Å². The van der Waals surface area contributed by atoms with Crippen molar-refractivity contribution >= 4 is 34.7 Å². The van der Waals surface area contributed by atoms with Crippen LogP contribution in [0.3, 0.4) is 0 Å². The summed E-state index contributed by atoms with van der Waals surface area (Å²) in [4.78, 5) is 30.1. The van der Waals surface area contributed by atoms with E-state index in [4.69, 9.17) is 4.74 Å². The molecule has 2 amide bonds. The molecule has 0 spiro atoms. The summed E-state index contributed by atoms with van der Waals surface area (Å²) < 4.78 is 20.4. The van der Waals surface area contributed by atoms with Gasteiger partial charge in [-0.15, -0.1) is 11.3 Å². The number of piperidine rings is 1. The predicted molar refractivity (Wildman–Crippen MR) is 115 cm³/mol. The number of anilines is 2. The molecule has 2 atom stereocenters. The quantitative estimate of drug-likeness (QED) is 0.765. The number of halogens is 1. The monoisotopic (exact) mass is 445 g/mol. The van der Waals surface area contributed by atoms with Crippen molar-refractivity contribution in [1.82, 2.24) is 4.90 Å². The van der Waals surface area contributed by atoms with E-state index in [1.807, 2.05) is 16.3 Å². The van der Waals surface area contributed by atoms with Crippen molar-refractivity contribution in [3.05, 3.63) is 46.4 Å². The molecule has 2 saturated heterocycles. The number of carboxylic acid groups (broad SMARTS) is 1. The molecule has 1 aromatic heterocycles. The number of amides is 2. The van der Waals surface area contributed by atoms with E-state index in [1.165, 1.54) is 22.3 Å². The zero-order valence-electron chi connectivity index (χ0n) is 16.9. The molecule has 3 fully saturated rings. The zero-order chi connectivity index (χ0) is 21.5. The smallest absolute Gasteiger partial charge is 0.407 e. The molecule has 1 saturated carbocycles. The van der Waals surface area contributed by atoms with Gasteiger partial charge in [0.05, 0.1) is 23.8 Å². The maximum Gasteiger partial charge on any atom is 0.407 e. The van der Waals surface area contributed by atoms with Crippen LogP contribution in [0.1, 0.15) is 9.67 Å². The van der Waals surface area contributed by atoms with Crippen molar-refractivity contribution in [2.75, 3.05) is 55.7 Å². The Bertz CT molecular complexity index is 967. The molecule has 164 valence electrons. The van der Waals surface area contributed by atoms with Crippen LogP contribution in [0.25, 0.3) is 0 Å². The molecule has 7 nitrogen and oxygen atoms in total. The Morgan fingerprint density at radius 1 is 1.19 bits per heavy atom. The molecule has 9 heteroatoms. The summed E-state index contributed by atoms with van der Waals surface area (Å²) >= 11 is 1.36.